The third-order valence-electron chi connectivity index (χ3n) is 12.7. The molecule has 16 nitrogen and oxygen atoms in total. The maximum atomic E-state index is 15.1. The Hall–Kier alpha value is -6.46. The van der Waals surface area contributed by atoms with Crippen LogP contribution in [0.4, 0.5) is 17.1 Å². The smallest absolute Gasteiger partial charge is 0.255 e. The first-order valence-electron chi connectivity index (χ1n) is 21.6. The molecule has 16 heteroatoms. The van der Waals surface area contributed by atoms with E-state index in [4.69, 9.17) is 19.9 Å². The standard InChI is InChI=1S/C48H53N7O9/c1-47(2)48(40(41(53-47)42(49)57)30-9-4-3-5-10-30)35-12-6-7-14-37(35)55(46(48)61)32-17-15-31(16-18-32)43(58)51-22-24-63-26-28-64-27-25-62-23-21-50-36-13-8-11-33-34(36)29-54(45(33)60)38-19-20-39(56)52-44(38)59/h3-18,38,40-41,50,53H,19-29H2,1-2H3,(H2,49,57)(H,51,58)(H,52,56,59)/t38?,40-,41+,48+/m0/s1. The van der Waals surface area contributed by atoms with Gasteiger partial charge >= 0.3 is 0 Å². The fraction of sp³-hybridized carbons (Fsp3) is 0.375. The summed E-state index contributed by atoms with van der Waals surface area (Å²) in [5, 5.41) is 11.9. The summed E-state index contributed by atoms with van der Waals surface area (Å²) < 4.78 is 16.9. The van der Waals surface area contributed by atoms with Crippen molar-refractivity contribution >= 4 is 52.5 Å². The van der Waals surface area contributed by atoms with Gasteiger partial charge in [0.1, 0.15) is 11.5 Å². The molecule has 1 unspecified atom stereocenters. The van der Waals surface area contributed by atoms with Crippen LogP contribution in [0.25, 0.3) is 0 Å². The molecule has 0 aliphatic carbocycles. The summed E-state index contributed by atoms with van der Waals surface area (Å²) >= 11 is 0. The molecule has 2 saturated heterocycles. The summed E-state index contributed by atoms with van der Waals surface area (Å²) in [7, 11) is 0. The van der Waals surface area contributed by atoms with Crippen LogP contribution in [0.1, 0.15) is 70.0 Å². The monoisotopic (exact) mass is 871 g/mol. The molecular formula is C48H53N7O9. The summed E-state index contributed by atoms with van der Waals surface area (Å²) in [4.78, 5) is 81.3. The SMILES string of the molecule is CC1(C)N[C@@H](C(N)=O)[C@H](c2ccccc2)[C@]12C(=O)N(c1ccc(C(=O)NCCOCCOCCOCCNc3cccc4c3CN(C3CCC(=O)NC3=O)C4=O)cc1)c1ccccc12. The molecule has 0 aromatic heterocycles. The van der Waals surface area contributed by atoms with Crippen LogP contribution < -0.4 is 31.9 Å². The van der Waals surface area contributed by atoms with Gasteiger partial charge in [-0.25, -0.2) is 0 Å². The van der Waals surface area contributed by atoms with Gasteiger partial charge < -0.3 is 35.5 Å². The van der Waals surface area contributed by atoms with E-state index in [2.05, 4.69) is 21.3 Å². The Balaban J connectivity index is 0.747. The number of para-hydroxylation sites is 1. The molecular weight excluding hydrogens is 819 g/mol. The molecule has 4 aliphatic rings. The fourth-order valence-corrected chi connectivity index (χ4v) is 9.78. The molecule has 0 bridgehead atoms. The van der Waals surface area contributed by atoms with E-state index in [1.807, 2.05) is 74.5 Å². The Morgan fingerprint density at radius 1 is 0.797 bits per heavy atom. The van der Waals surface area contributed by atoms with E-state index in [-0.39, 0.29) is 49.7 Å². The van der Waals surface area contributed by atoms with E-state index in [1.54, 1.807) is 41.3 Å². The van der Waals surface area contributed by atoms with Gasteiger partial charge in [-0.15, -0.1) is 0 Å². The molecule has 0 saturated carbocycles. The minimum atomic E-state index is -1.17. The van der Waals surface area contributed by atoms with Crippen molar-refractivity contribution in [3.63, 3.8) is 0 Å². The molecule has 1 spiro atoms. The molecule has 4 aromatic carbocycles. The van der Waals surface area contributed by atoms with E-state index < -0.39 is 40.8 Å². The van der Waals surface area contributed by atoms with Crippen LogP contribution in [0.15, 0.2) is 97.1 Å². The second-order valence-corrected chi connectivity index (χ2v) is 16.8. The number of primary amides is 1. The minimum Gasteiger partial charge on any atom is -0.382 e. The summed E-state index contributed by atoms with van der Waals surface area (Å²) in [6.45, 7) is 7.10. The van der Waals surface area contributed by atoms with Crippen LogP contribution in [-0.2, 0) is 45.3 Å². The number of nitrogens with two attached hydrogens (primary N) is 1. The first kappa shape index (κ1) is 44.2. The van der Waals surface area contributed by atoms with Gasteiger partial charge in [0, 0.05) is 65.6 Å². The predicted octanol–water partition coefficient (Wildman–Crippen LogP) is 3.27. The number of amides is 6. The highest BCUT2D eigenvalue weighted by atomic mass is 16.5. The van der Waals surface area contributed by atoms with Crippen LogP contribution in [0.5, 0.6) is 0 Å². The van der Waals surface area contributed by atoms with Crippen LogP contribution in [0.2, 0.25) is 0 Å². The van der Waals surface area contributed by atoms with Crippen molar-refractivity contribution in [3.8, 4) is 0 Å². The van der Waals surface area contributed by atoms with Gasteiger partial charge in [0.15, 0.2) is 0 Å². The van der Waals surface area contributed by atoms with Gasteiger partial charge in [-0.05, 0) is 73.9 Å². The van der Waals surface area contributed by atoms with E-state index in [0.29, 0.717) is 68.5 Å². The number of hydrogen-bond donors (Lipinski definition) is 5. The lowest BCUT2D eigenvalue weighted by Gasteiger charge is -2.40. The lowest BCUT2D eigenvalue weighted by Crippen LogP contribution is -2.56. The average molecular weight is 872 g/mol. The molecule has 6 amide bonds. The number of hydrogen-bond acceptors (Lipinski definition) is 11. The summed E-state index contributed by atoms with van der Waals surface area (Å²) in [6.07, 6.45) is 0.516. The zero-order valence-electron chi connectivity index (χ0n) is 35.9. The number of ether oxygens (including phenoxy) is 3. The zero-order chi connectivity index (χ0) is 45.0. The van der Waals surface area contributed by atoms with Gasteiger partial charge in [0.25, 0.3) is 11.8 Å². The number of carbonyl (C=O) groups is 6. The number of fused-ring (bicyclic) bond motifs is 3. The third-order valence-corrected chi connectivity index (χ3v) is 12.7. The second kappa shape index (κ2) is 18.7. The zero-order valence-corrected chi connectivity index (χ0v) is 35.9. The summed E-state index contributed by atoms with van der Waals surface area (Å²) in [5.41, 5.74) is 9.50. The molecule has 4 aromatic rings. The number of anilines is 3. The number of rotatable bonds is 18. The van der Waals surface area contributed by atoms with Crippen LogP contribution in [-0.4, -0.2) is 111 Å². The van der Waals surface area contributed by atoms with Crippen molar-refractivity contribution in [1.82, 2.24) is 20.9 Å². The number of nitrogens with one attached hydrogen (secondary N) is 4. The Morgan fingerprint density at radius 2 is 1.47 bits per heavy atom. The quantitative estimate of drug-likeness (QED) is 0.0724. The molecule has 4 heterocycles. The van der Waals surface area contributed by atoms with E-state index in [1.165, 1.54) is 4.90 Å². The van der Waals surface area contributed by atoms with Gasteiger partial charge in [-0.1, -0.05) is 54.6 Å². The maximum Gasteiger partial charge on any atom is 0.255 e. The number of piperidine rings is 1. The summed E-state index contributed by atoms with van der Waals surface area (Å²) in [6, 6.07) is 28.1. The third kappa shape index (κ3) is 8.25. The first-order valence-corrected chi connectivity index (χ1v) is 21.6. The van der Waals surface area contributed by atoms with Gasteiger partial charge in [0.05, 0.1) is 51.4 Å². The van der Waals surface area contributed by atoms with Crippen molar-refractivity contribution in [3.05, 3.63) is 125 Å². The fourth-order valence-electron chi connectivity index (χ4n) is 9.78. The maximum absolute atomic E-state index is 15.1. The highest BCUT2D eigenvalue weighted by molar-refractivity contribution is 6.16. The molecule has 2 fully saturated rings. The molecule has 6 N–H and O–H groups in total. The Bertz CT molecular complexity index is 2430. The average Bonchev–Trinajstić information content (AvgIpc) is 3.86. The van der Waals surface area contributed by atoms with Crippen molar-refractivity contribution in [2.75, 3.05) is 62.9 Å². The number of imide groups is 1. The molecule has 4 atom stereocenters. The Morgan fingerprint density at radius 3 is 2.17 bits per heavy atom. The highest BCUT2D eigenvalue weighted by Crippen LogP contribution is 2.61. The van der Waals surface area contributed by atoms with E-state index >= 15 is 4.79 Å². The van der Waals surface area contributed by atoms with E-state index in [9.17, 15) is 24.0 Å². The minimum absolute atomic E-state index is 0.183. The Kier molecular flexibility index (Phi) is 12.9. The van der Waals surface area contributed by atoms with Crippen molar-refractivity contribution in [1.29, 1.82) is 0 Å². The van der Waals surface area contributed by atoms with Gasteiger partial charge in [-0.2, -0.15) is 0 Å². The number of nitrogens with zero attached hydrogens (tertiary/aromatic N) is 2. The van der Waals surface area contributed by atoms with Crippen LogP contribution in [0, 0.1) is 0 Å². The molecule has 8 rings (SSSR count). The first-order chi connectivity index (χ1) is 30.9. The largest absolute Gasteiger partial charge is 0.382 e. The normalized spacial score (nSPS) is 22.1. The molecule has 4 aliphatic heterocycles. The van der Waals surface area contributed by atoms with Crippen molar-refractivity contribution < 1.29 is 43.0 Å². The lowest BCUT2D eigenvalue weighted by molar-refractivity contribution is -0.137. The van der Waals surface area contributed by atoms with Crippen molar-refractivity contribution in [2.45, 2.75) is 62.2 Å². The molecule has 0 radical (unpaired) electrons. The topological polar surface area (TPSA) is 211 Å². The summed E-state index contributed by atoms with van der Waals surface area (Å²) in [5.74, 6) is -2.54. The van der Waals surface area contributed by atoms with Crippen LogP contribution in [0.3, 0.4) is 0 Å². The molecule has 64 heavy (non-hydrogen) atoms. The highest BCUT2D eigenvalue weighted by Gasteiger charge is 2.70. The van der Waals surface area contributed by atoms with Gasteiger partial charge in [-0.3, -0.25) is 44.3 Å². The molecule has 334 valence electrons. The van der Waals surface area contributed by atoms with Gasteiger partial charge in [0.2, 0.25) is 23.6 Å². The number of benzene rings is 4. The van der Waals surface area contributed by atoms with Crippen LogP contribution >= 0.6 is 0 Å². The Labute approximate surface area is 371 Å². The lowest BCUT2D eigenvalue weighted by atomic mass is 9.60. The van der Waals surface area contributed by atoms with E-state index in [0.717, 1.165) is 22.4 Å². The number of carbonyl (C=O) groups excluding carboxylic acids is 6. The predicted molar refractivity (Wildman–Crippen MR) is 237 cm³/mol. The second-order valence-electron chi connectivity index (χ2n) is 16.8. The van der Waals surface area contributed by atoms with Crippen molar-refractivity contribution in [2.24, 2.45) is 5.73 Å².